The van der Waals surface area contributed by atoms with Crippen molar-refractivity contribution >= 4 is 17.5 Å². The van der Waals surface area contributed by atoms with Gasteiger partial charge in [-0.1, -0.05) is 0 Å². The maximum Gasteiger partial charge on any atom is 0.229 e. The third kappa shape index (κ3) is 2.03. The Bertz CT molecular complexity index is 513. The molecule has 0 saturated carbocycles. The molecular weight excluding hydrogens is 232 g/mol. The van der Waals surface area contributed by atoms with Crippen molar-refractivity contribution in [3.05, 3.63) is 23.8 Å². The fourth-order valence-corrected chi connectivity index (χ4v) is 2.30. The molecule has 1 fully saturated rings. The van der Waals surface area contributed by atoms with Gasteiger partial charge in [0.05, 0.1) is 12.5 Å². The second-order valence-corrected chi connectivity index (χ2v) is 4.62. The summed E-state index contributed by atoms with van der Waals surface area (Å²) in [7, 11) is 0. The van der Waals surface area contributed by atoms with E-state index in [4.69, 9.17) is 4.74 Å². The third-order valence-electron chi connectivity index (χ3n) is 3.31. The van der Waals surface area contributed by atoms with Gasteiger partial charge in [0.2, 0.25) is 11.8 Å². The van der Waals surface area contributed by atoms with Gasteiger partial charge in [-0.15, -0.1) is 0 Å². The van der Waals surface area contributed by atoms with Crippen LogP contribution in [0.2, 0.25) is 0 Å². The lowest BCUT2D eigenvalue weighted by atomic mass is 10.1. The van der Waals surface area contributed by atoms with Gasteiger partial charge >= 0.3 is 0 Å². The van der Waals surface area contributed by atoms with Crippen molar-refractivity contribution in [2.45, 2.75) is 12.8 Å². The number of amides is 2. The molecule has 5 nitrogen and oxygen atoms in total. The van der Waals surface area contributed by atoms with Crippen LogP contribution in [0.1, 0.15) is 12.0 Å². The average Bonchev–Trinajstić information content (AvgIpc) is 2.96. The molecular formula is C13H14N2O3. The number of ether oxygens (including phenoxy) is 1. The van der Waals surface area contributed by atoms with E-state index in [0.717, 1.165) is 23.4 Å². The first-order chi connectivity index (χ1) is 8.72. The van der Waals surface area contributed by atoms with E-state index in [9.17, 15) is 9.59 Å². The molecule has 1 aromatic carbocycles. The van der Waals surface area contributed by atoms with Gasteiger partial charge < -0.3 is 15.4 Å². The highest BCUT2D eigenvalue weighted by Gasteiger charge is 2.28. The van der Waals surface area contributed by atoms with Crippen molar-refractivity contribution in [1.82, 2.24) is 5.32 Å². The molecule has 1 saturated heterocycles. The minimum Gasteiger partial charge on any atom is -0.493 e. The quantitative estimate of drug-likeness (QED) is 0.807. The second-order valence-electron chi connectivity index (χ2n) is 4.62. The number of nitrogens with one attached hydrogen (secondary N) is 2. The SMILES string of the molecule is O=C1CC(C(=O)Nc2ccc3c(c2)CCO3)CN1. The Hall–Kier alpha value is -2.04. The summed E-state index contributed by atoms with van der Waals surface area (Å²) in [5.74, 6) is 0.470. The second kappa shape index (κ2) is 4.33. The fraction of sp³-hybridized carbons (Fsp3) is 0.385. The van der Waals surface area contributed by atoms with Gasteiger partial charge in [0.1, 0.15) is 5.75 Å². The summed E-state index contributed by atoms with van der Waals surface area (Å²) < 4.78 is 5.40. The van der Waals surface area contributed by atoms with Crippen molar-refractivity contribution in [3.63, 3.8) is 0 Å². The van der Waals surface area contributed by atoms with Crippen molar-refractivity contribution in [2.75, 3.05) is 18.5 Å². The lowest BCUT2D eigenvalue weighted by molar-refractivity contribution is -0.123. The number of carbonyl (C=O) groups excluding carboxylic acids is 2. The predicted molar refractivity (Wildman–Crippen MR) is 65.4 cm³/mol. The number of benzene rings is 1. The van der Waals surface area contributed by atoms with Gasteiger partial charge in [-0.05, 0) is 23.8 Å². The van der Waals surface area contributed by atoms with Crippen LogP contribution >= 0.6 is 0 Å². The molecule has 2 aliphatic heterocycles. The molecule has 3 rings (SSSR count). The van der Waals surface area contributed by atoms with E-state index in [2.05, 4.69) is 10.6 Å². The smallest absolute Gasteiger partial charge is 0.229 e. The van der Waals surface area contributed by atoms with Crippen LogP contribution in [0.3, 0.4) is 0 Å². The lowest BCUT2D eigenvalue weighted by Gasteiger charge is -2.10. The predicted octanol–water partition coefficient (Wildman–Crippen LogP) is 0.696. The van der Waals surface area contributed by atoms with Crippen LogP contribution in [0.4, 0.5) is 5.69 Å². The molecule has 0 radical (unpaired) electrons. The van der Waals surface area contributed by atoms with Crippen molar-refractivity contribution < 1.29 is 14.3 Å². The van der Waals surface area contributed by atoms with Crippen molar-refractivity contribution in [1.29, 1.82) is 0 Å². The molecule has 2 amide bonds. The van der Waals surface area contributed by atoms with Crippen LogP contribution < -0.4 is 15.4 Å². The van der Waals surface area contributed by atoms with Crippen molar-refractivity contribution in [2.24, 2.45) is 5.92 Å². The Morgan fingerprint density at radius 1 is 1.44 bits per heavy atom. The van der Waals surface area contributed by atoms with Crippen LogP contribution in [0, 0.1) is 5.92 Å². The summed E-state index contributed by atoms with van der Waals surface area (Å²) in [6.07, 6.45) is 1.16. The molecule has 2 N–H and O–H groups in total. The first kappa shape index (κ1) is 11.1. The van der Waals surface area contributed by atoms with Crippen LogP contribution in [0.25, 0.3) is 0 Å². The first-order valence-electron chi connectivity index (χ1n) is 6.05. The lowest BCUT2D eigenvalue weighted by Crippen LogP contribution is -2.24. The number of rotatable bonds is 2. The summed E-state index contributed by atoms with van der Waals surface area (Å²) in [4.78, 5) is 23.0. The molecule has 0 spiro atoms. The highest BCUT2D eigenvalue weighted by molar-refractivity contribution is 5.97. The molecule has 2 heterocycles. The van der Waals surface area contributed by atoms with E-state index in [0.29, 0.717) is 13.2 Å². The van der Waals surface area contributed by atoms with Gasteiger partial charge in [-0.2, -0.15) is 0 Å². The summed E-state index contributed by atoms with van der Waals surface area (Å²) in [6.45, 7) is 1.13. The Kier molecular flexibility index (Phi) is 2.66. The van der Waals surface area contributed by atoms with E-state index < -0.39 is 0 Å². The maximum absolute atomic E-state index is 11.9. The summed E-state index contributed by atoms with van der Waals surface area (Å²) >= 11 is 0. The highest BCUT2D eigenvalue weighted by Crippen LogP contribution is 2.28. The molecule has 1 aromatic rings. The molecule has 5 heteroatoms. The molecule has 0 aliphatic carbocycles. The van der Waals surface area contributed by atoms with Crippen LogP contribution in [0.5, 0.6) is 5.75 Å². The zero-order chi connectivity index (χ0) is 12.5. The third-order valence-corrected chi connectivity index (χ3v) is 3.31. The van der Waals surface area contributed by atoms with Gasteiger partial charge in [0.25, 0.3) is 0 Å². The first-order valence-corrected chi connectivity index (χ1v) is 6.05. The monoisotopic (exact) mass is 246 g/mol. The van der Waals surface area contributed by atoms with E-state index in [1.165, 1.54) is 0 Å². The molecule has 94 valence electrons. The summed E-state index contributed by atoms with van der Waals surface area (Å²) in [5, 5.41) is 5.51. The largest absolute Gasteiger partial charge is 0.493 e. The Balaban J connectivity index is 1.69. The molecule has 2 aliphatic rings. The van der Waals surface area contributed by atoms with E-state index in [1.807, 2.05) is 18.2 Å². The Labute approximate surface area is 105 Å². The molecule has 0 bridgehead atoms. The molecule has 0 aromatic heterocycles. The van der Waals surface area contributed by atoms with E-state index in [1.54, 1.807) is 0 Å². The summed E-state index contributed by atoms with van der Waals surface area (Å²) in [6, 6.07) is 5.63. The van der Waals surface area contributed by atoms with Gasteiger partial charge in [-0.25, -0.2) is 0 Å². The number of anilines is 1. The van der Waals surface area contributed by atoms with Gasteiger partial charge in [0.15, 0.2) is 0 Å². The van der Waals surface area contributed by atoms with Crippen LogP contribution in [-0.2, 0) is 16.0 Å². The minimum atomic E-state index is -0.262. The molecule has 1 unspecified atom stereocenters. The normalized spacial score (nSPS) is 21.1. The number of fused-ring (bicyclic) bond motifs is 1. The topological polar surface area (TPSA) is 67.4 Å². The van der Waals surface area contributed by atoms with Gasteiger partial charge in [0, 0.05) is 25.1 Å². The minimum absolute atomic E-state index is 0.0579. The number of carbonyl (C=O) groups is 2. The standard InChI is InChI=1S/C13H14N2O3/c16-12-6-9(7-14-12)13(17)15-10-1-2-11-8(5-10)3-4-18-11/h1-2,5,9H,3-4,6-7H2,(H,14,16)(H,15,17). The summed E-state index contributed by atoms with van der Waals surface area (Å²) in [5.41, 5.74) is 1.89. The van der Waals surface area contributed by atoms with Gasteiger partial charge in [-0.3, -0.25) is 9.59 Å². The molecule has 18 heavy (non-hydrogen) atoms. The Morgan fingerprint density at radius 2 is 2.33 bits per heavy atom. The van der Waals surface area contributed by atoms with Crippen LogP contribution in [-0.4, -0.2) is 25.0 Å². The number of hydrogen-bond acceptors (Lipinski definition) is 3. The van der Waals surface area contributed by atoms with E-state index in [-0.39, 0.29) is 24.2 Å². The average molecular weight is 246 g/mol. The molecule has 1 atom stereocenters. The highest BCUT2D eigenvalue weighted by atomic mass is 16.5. The zero-order valence-electron chi connectivity index (χ0n) is 9.86. The van der Waals surface area contributed by atoms with Crippen molar-refractivity contribution in [3.8, 4) is 5.75 Å². The fourth-order valence-electron chi connectivity index (χ4n) is 2.30. The Morgan fingerprint density at radius 3 is 3.11 bits per heavy atom. The van der Waals surface area contributed by atoms with Crippen LogP contribution in [0.15, 0.2) is 18.2 Å². The number of hydrogen-bond donors (Lipinski definition) is 2. The zero-order valence-corrected chi connectivity index (χ0v) is 9.86. The maximum atomic E-state index is 11.9. The van der Waals surface area contributed by atoms with E-state index >= 15 is 0 Å².